The maximum absolute atomic E-state index is 14.7. The van der Waals surface area contributed by atoms with Gasteiger partial charge in [-0.15, -0.1) is 16.4 Å². The van der Waals surface area contributed by atoms with Crippen molar-refractivity contribution in [2.75, 3.05) is 11.4 Å². The van der Waals surface area contributed by atoms with Crippen molar-refractivity contribution >= 4 is 28.6 Å². The summed E-state index contributed by atoms with van der Waals surface area (Å²) in [5.41, 5.74) is 1.49. The molecular weight excluding hydrogens is 480 g/mol. The minimum atomic E-state index is -0.473. The van der Waals surface area contributed by atoms with Gasteiger partial charge < -0.3 is 10.2 Å². The van der Waals surface area contributed by atoms with E-state index in [-0.39, 0.29) is 18.0 Å². The number of rotatable bonds is 5. The lowest BCUT2D eigenvalue weighted by molar-refractivity contribution is 0.0928. The quantitative estimate of drug-likeness (QED) is 0.367. The molecular formula is C27H27F2N5OS. The zero-order chi connectivity index (χ0) is 24.6. The Kier molecular flexibility index (Phi) is 6.17. The molecule has 0 bridgehead atoms. The summed E-state index contributed by atoms with van der Waals surface area (Å²) in [4.78, 5) is 20.1. The van der Waals surface area contributed by atoms with Gasteiger partial charge in [-0.2, -0.15) is 0 Å². The molecule has 1 saturated heterocycles. The van der Waals surface area contributed by atoms with Crippen molar-refractivity contribution in [3.05, 3.63) is 81.9 Å². The highest BCUT2D eigenvalue weighted by molar-refractivity contribution is 7.09. The van der Waals surface area contributed by atoms with Crippen LogP contribution < -0.4 is 10.2 Å². The summed E-state index contributed by atoms with van der Waals surface area (Å²) in [5.74, 6) is -0.118. The summed E-state index contributed by atoms with van der Waals surface area (Å²) in [6.07, 6.45) is 8.90. The van der Waals surface area contributed by atoms with Gasteiger partial charge in [-0.1, -0.05) is 6.07 Å². The summed E-state index contributed by atoms with van der Waals surface area (Å²) in [7, 11) is 0. The lowest BCUT2D eigenvalue weighted by Gasteiger charge is -2.29. The molecule has 1 amide bonds. The van der Waals surface area contributed by atoms with Crippen LogP contribution in [0.2, 0.25) is 0 Å². The lowest BCUT2D eigenvalue weighted by Crippen LogP contribution is -2.38. The van der Waals surface area contributed by atoms with E-state index in [4.69, 9.17) is 5.10 Å². The average Bonchev–Trinajstić information content (AvgIpc) is 3.65. The normalized spacial score (nSPS) is 22.3. The molecule has 6 nitrogen and oxygen atoms in total. The predicted molar refractivity (Wildman–Crippen MR) is 135 cm³/mol. The number of hydrogen-bond donors (Lipinski definition) is 1. The van der Waals surface area contributed by atoms with Gasteiger partial charge in [0.05, 0.1) is 16.6 Å². The molecule has 3 aromatic heterocycles. The molecule has 6 rings (SSSR count). The van der Waals surface area contributed by atoms with Gasteiger partial charge in [0.2, 0.25) is 0 Å². The smallest absolute Gasteiger partial charge is 0.257 e. The Labute approximate surface area is 212 Å². The molecule has 4 aromatic rings. The van der Waals surface area contributed by atoms with Crippen LogP contribution in [-0.4, -0.2) is 33.1 Å². The third-order valence-electron chi connectivity index (χ3n) is 7.45. The van der Waals surface area contributed by atoms with Crippen molar-refractivity contribution in [1.82, 2.24) is 19.9 Å². The third-order valence-corrected chi connectivity index (χ3v) is 8.39. The van der Waals surface area contributed by atoms with Crippen molar-refractivity contribution in [3.8, 4) is 0 Å². The van der Waals surface area contributed by atoms with Crippen LogP contribution >= 0.6 is 11.3 Å². The molecule has 2 fully saturated rings. The molecule has 0 spiro atoms. The van der Waals surface area contributed by atoms with E-state index in [1.807, 2.05) is 40.9 Å². The number of nitrogens with zero attached hydrogens (tertiary/aromatic N) is 4. The van der Waals surface area contributed by atoms with Gasteiger partial charge in [-0.05, 0) is 68.9 Å². The molecule has 2 aliphatic rings. The highest BCUT2D eigenvalue weighted by atomic mass is 32.1. The number of benzene rings is 1. The van der Waals surface area contributed by atoms with Crippen LogP contribution in [0.1, 0.15) is 71.4 Å². The first-order chi connectivity index (χ1) is 17.6. The number of hydrogen-bond acceptors (Lipinski definition) is 5. The predicted octanol–water partition coefficient (Wildman–Crippen LogP) is 5.87. The van der Waals surface area contributed by atoms with Gasteiger partial charge in [-0.3, -0.25) is 4.79 Å². The van der Waals surface area contributed by atoms with E-state index in [9.17, 15) is 13.6 Å². The van der Waals surface area contributed by atoms with Crippen LogP contribution in [0.25, 0.3) is 5.52 Å². The Morgan fingerprint density at radius 2 is 1.94 bits per heavy atom. The number of carbonyl (C=O) groups is 1. The Morgan fingerprint density at radius 3 is 2.75 bits per heavy atom. The average molecular weight is 508 g/mol. The second-order valence-electron chi connectivity index (χ2n) is 9.64. The van der Waals surface area contributed by atoms with Crippen LogP contribution in [-0.2, 0) is 0 Å². The van der Waals surface area contributed by atoms with Crippen molar-refractivity contribution in [3.63, 3.8) is 0 Å². The number of halogens is 2. The molecule has 1 atom stereocenters. The molecule has 1 aliphatic heterocycles. The molecule has 1 N–H and O–H groups in total. The third kappa shape index (κ3) is 4.25. The van der Waals surface area contributed by atoms with Gasteiger partial charge >= 0.3 is 0 Å². The molecule has 0 radical (unpaired) electrons. The van der Waals surface area contributed by atoms with E-state index in [0.29, 0.717) is 41.3 Å². The van der Waals surface area contributed by atoms with Gasteiger partial charge in [0.1, 0.15) is 17.2 Å². The standard InChI is InChI=1S/C27H27F2N5OS/c28-18-8-11-21(29)20(16-18)22-5-3-13-33(22)25-24(23-4-1-2-14-34(23)32-25)26(35)31-19-9-6-17(7-10-19)27-30-12-15-36-27/h1-2,4,8,11-12,14-17,19,22H,3,5-7,9-10,13H2,(H,31,35)/t17?,19?,22-/m1/s1. The Hall–Kier alpha value is -3.33. The second kappa shape index (κ2) is 9.61. The Bertz CT molecular complexity index is 1380. The summed E-state index contributed by atoms with van der Waals surface area (Å²) in [6.45, 7) is 0.615. The summed E-state index contributed by atoms with van der Waals surface area (Å²) in [5, 5.41) is 11.2. The number of carbonyl (C=O) groups excluding carboxylic acids is 1. The molecule has 186 valence electrons. The number of pyridine rings is 1. The SMILES string of the molecule is O=C(NC1CCC(c2nccs2)CC1)c1c(N2CCC[C@@H]2c2cc(F)ccc2F)nn2ccccc12. The highest BCUT2D eigenvalue weighted by Gasteiger charge is 2.35. The Balaban J connectivity index is 1.28. The van der Waals surface area contributed by atoms with Gasteiger partial charge in [0.15, 0.2) is 5.82 Å². The first kappa shape index (κ1) is 23.1. The molecule has 1 aliphatic carbocycles. The van der Waals surface area contributed by atoms with Crippen LogP contribution in [0, 0.1) is 11.6 Å². The largest absolute Gasteiger partial charge is 0.349 e. The first-order valence-corrected chi connectivity index (χ1v) is 13.4. The zero-order valence-electron chi connectivity index (χ0n) is 19.7. The fourth-order valence-electron chi connectivity index (χ4n) is 5.70. The van der Waals surface area contributed by atoms with Crippen molar-refractivity contribution in [2.45, 2.75) is 56.5 Å². The van der Waals surface area contributed by atoms with Gasteiger partial charge in [-0.25, -0.2) is 18.3 Å². The topological polar surface area (TPSA) is 62.5 Å². The van der Waals surface area contributed by atoms with Gasteiger partial charge in [0.25, 0.3) is 5.91 Å². The molecule has 9 heteroatoms. The fourth-order valence-corrected chi connectivity index (χ4v) is 6.51. The molecule has 1 aromatic carbocycles. The van der Waals surface area contributed by atoms with Crippen LogP contribution in [0.5, 0.6) is 0 Å². The van der Waals surface area contributed by atoms with E-state index >= 15 is 0 Å². The first-order valence-electron chi connectivity index (χ1n) is 12.5. The molecule has 4 heterocycles. The van der Waals surface area contributed by atoms with Crippen LogP contribution in [0.15, 0.2) is 54.2 Å². The van der Waals surface area contributed by atoms with E-state index in [1.165, 1.54) is 17.1 Å². The van der Waals surface area contributed by atoms with E-state index in [0.717, 1.165) is 38.2 Å². The zero-order valence-corrected chi connectivity index (χ0v) is 20.6. The minimum Gasteiger partial charge on any atom is -0.349 e. The van der Waals surface area contributed by atoms with Crippen LogP contribution in [0.4, 0.5) is 14.6 Å². The summed E-state index contributed by atoms with van der Waals surface area (Å²) in [6, 6.07) is 8.86. The molecule has 0 unspecified atom stereocenters. The number of amides is 1. The minimum absolute atomic E-state index is 0.0789. The number of thiazole rings is 1. The monoisotopic (exact) mass is 507 g/mol. The molecule has 1 saturated carbocycles. The lowest BCUT2D eigenvalue weighted by atomic mass is 9.86. The van der Waals surface area contributed by atoms with E-state index < -0.39 is 11.6 Å². The van der Waals surface area contributed by atoms with E-state index in [1.54, 1.807) is 15.9 Å². The number of nitrogens with one attached hydrogen (secondary N) is 1. The van der Waals surface area contributed by atoms with Crippen molar-refractivity contribution < 1.29 is 13.6 Å². The highest BCUT2D eigenvalue weighted by Crippen LogP contribution is 2.40. The summed E-state index contributed by atoms with van der Waals surface area (Å²) < 4.78 is 30.4. The van der Waals surface area contributed by atoms with Crippen molar-refractivity contribution in [1.29, 1.82) is 0 Å². The Morgan fingerprint density at radius 1 is 1.08 bits per heavy atom. The maximum atomic E-state index is 14.7. The van der Waals surface area contributed by atoms with E-state index in [2.05, 4.69) is 10.3 Å². The number of fused-ring (bicyclic) bond motifs is 1. The second-order valence-corrected chi connectivity index (χ2v) is 10.6. The number of aromatic nitrogens is 3. The molecule has 36 heavy (non-hydrogen) atoms. The van der Waals surface area contributed by atoms with Gasteiger partial charge in [0, 0.05) is 41.8 Å². The fraction of sp³-hybridized carbons (Fsp3) is 0.370. The van der Waals surface area contributed by atoms with Crippen LogP contribution in [0.3, 0.4) is 0 Å². The summed E-state index contributed by atoms with van der Waals surface area (Å²) >= 11 is 1.70. The van der Waals surface area contributed by atoms with Crippen molar-refractivity contribution in [2.24, 2.45) is 0 Å². The number of anilines is 1. The maximum Gasteiger partial charge on any atom is 0.257 e.